The fourth-order valence-corrected chi connectivity index (χ4v) is 13.6. The minimum atomic E-state index is -3.59. The van der Waals surface area contributed by atoms with E-state index in [-0.39, 0.29) is 6.41 Å². The van der Waals surface area contributed by atoms with E-state index in [2.05, 4.69) is 28.2 Å². The molecule has 5 saturated heterocycles. The number of amides is 4. The second-order valence-corrected chi connectivity index (χ2v) is 27.5. The lowest BCUT2D eigenvalue weighted by molar-refractivity contribution is -0.388. The predicted molar refractivity (Wildman–Crippen MR) is 355 cm³/mol. The Balaban J connectivity index is 1.40. The van der Waals surface area contributed by atoms with Gasteiger partial charge in [-0.15, -0.1) is 0 Å². The SMILES string of the molecule is CCCCCCCCCCCCC/C=C/[C@@H](O)[C@H](CO[C@@H]1O[C@H](CO)[C@@H](O[C@@H]2O[C@H](CO)[C@H](O)[C@H](O[C@]3(C(=O)O)C[C@H](O)[C@@H](NC(C)=O)[C@H]([C@H](O)[C@@H](CO)O[C@]4(C(=O)O)C[C@H](O)[C@@H](NC(C)=O)[C@H]([C@H](O)[C@@H](CO)O[C@]5(C(=O)O)C[C@H](O)[C@@H](NC(C)=O)[C@H]([C@H](OC(C)=O)[C@H](O)CO)O5)O4)O3)[C@H]2O)[C@H](O)[C@H]1O)NC=O. The molecule has 5 heterocycles. The van der Waals surface area contributed by atoms with Crippen LogP contribution in [0.3, 0.4) is 0 Å². The van der Waals surface area contributed by atoms with Gasteiger partial charge < -0.3 is 170 Å². The number of hydrogen-bond donors (Lipinski definition) is 23. The second-order valence-electron chi connectivity index (χ2n) is 27.5. The van der Waals surface area contributed by atoms with E-state index in [0.717, 1.165) is 59.8 Å². The lowest BCUT2D eigenvalue weighted by Gasteiger charge is -2.51. The van der Waals surface area contributed by atoms with Crippen LogP contribution in [0.5, 0.6) is 0 Å². The van der Waals surface area contributed by atoms with Gasteiger partial charge in [-0.1, -0.05) is 83.3 Å². The number of rotatable bonds is 45. The van der Waals surface area contributed by atoms with E-state index in [1.165, 1.54) is 44.6 Å². The number of allylic oxidation sites excluding steroid dienone is 1. The van der Waals surface area contributed by atoms with Gasteiger partial charge >= 0.3 is 23.9 Å². The van der Waals surface area contributed by atoms with Crippen molar-refractivity contribution in [1.29, 1.82) is 0 Å². The van der Waals surface area contributed by atoms with Gasteiger partial charge in [0.15, 0.2) is 18.7 Å². The molecule has 4 amide bonds. The largest absolute Gasteiger partial charge is 0.477 e. The second kappa shape index (κ2) is 43.5. The minimum absolute atomic E-state index is 0.284. The fourth-order valence-electron chi connectivity index (χ4n) is 13.6. The third-order valence-corrected chi connectivity index (χ3v) is 19.2. The maximum atomic E-state index is 13.7. The van der Waals surface area contributed by atoms with Crippen LogP contribution in [0.25, 0.3) is 0 Å². The topological polar surface area (TPSA) is 671 Å². The molecule has 0 aliphatic carbocycles. The number of aliphatic carboxylic acids is 3. The van der Waals surface area contributed by atoms with Gasteiger partial charge in [0, 0.05) is 47.0 Å². The number of unbranched alkanes of at least 4 members (excludes halogenated alkanes) is 11. The number of aliphatic hydroxyl groups excluding tert-OH is 16. The summed E-state index contributed by atoms with van der Waals surface area (Å²) in [6, 6.07) is -7.08. The average Bonchev–Trinajstić information content (AvgIpc) is 0.753. The van der Waals surface area contributed by atoms with E-state index >= 15 is 0 Å². The lowest BCUT2D eigenvalue weighted by atomic mass is 9.86. The fraction of sp³-hybridized carbons (Fsp3) is 0.848. The van der Waals surface area contributed by atoms with Crippen molar-refractivity contribution < 1.29 is 187 Å². The van der Waals surface area contributed by atoms with Crippen LogP contribution in [0, 0.1) is 0 Å². The molecule has 0 saturated carbocycles. The third kappa shape index (κ3) is 24.2. The van der Waals surface area contributed by atoms with Crippen molar-refractivity contribution in [3.63, 3.8) is 0 Å². The zero-order chi connectivity index (χ0) is 80.7. The molecule has 5 aliphatic heterocycles. The van der Waals surface area contributed by atoms with Crippen LogP contribution in [0.15, 0.2) is 12.2 Å². The van der Waals surface area contributed by atoms with Crippen molar-refractivity contribution in [3.05, 3.63) is 12.2 Å². The van der Waals surface area contributed by atoms with Gasteiger partial charge in [0.05, 0.1) is 88.2 Å². The van der Waals surface area contributed by atoms with Gasteiger partial charge in [0.25, 0.3) is 17.4 Å². The van der Waals surface area contributed by atoms with E-state index in [1.54, 1.807) is 6.08 Å². The van der Waals surface area contributed by atoms with E-state index in [4.69, 9.17) is 52.1 Å². The molecule has 0 aromatic rings. The van der Waals surface area contributed by atoms with E-state index in [9.17, 15) is 135 Å². The number of hydrogen-bond acceptors (Lipinski definition) is 35. The predicted octanol–water partition coefficient (Wildman–Crippen LogP) is -8.55. The Morgan fingerprint density at radius 1 is 0.528 bits per heavy atom. The normalized spacial score (nSPS) is 35.4. The Morgan fingerprint density at radius 3 is 1.39 bits per heavy atom. The van der Waals surface area contributed by atoms with E-state index < -0.39 is 283 Å². The molecule has 108 heavy (non-hydrogen) atoms. The highest BCUT2D eigenvalue weighted by atomic mass is 16.8. The minimum Gasteiger partial charge on any atom is -0.477 e. The number of esters is 1. The van der Waals surface area contributed by atoms with E-state index in [0.29, 0.717) is 6.42 Å². The Kier molecular flexibility index (Phi) is 37.5. The molecule has 5 aliphatic rings. The summed E-state index contributed by atoms with van der Waals surface area (Å²) in [5.41, 5.74) is 0. The first-order valence-electron chi connectivity index (χ1n) is 35.7. The molecule has 42 heteroatoms. The summed E-state index contributed by atoms with van der Waals surface area (Å²) in [5, 5.41) is 222. The molecule has 0 aromatic heterocycles. The van der Waals surface area contributed by atoms with Crippen LogP contribution in [-0.2, 0) is 90.5 Å². The molecule has 5 fully saturated rings. The number of carboxylic acid groups (broad SMARTS) is 3. The molecule has 42 nitrogen and oxygen atoms in total. The molecule has 5 rings (SSSR count). The maximum Gasteiger partial charge on any atom is 0.364 e. The Hall–Kier alpha value is -5.54. The molecule has 30 atom stereocenters. The quantitative estimate of drug-likeness (QED) is 0.0117. The molecular formula is C66H110N4O38. The summed E-state index contributed by atoms with van der Waals surface area (Å²) in [6.45, 7) is -1.62. The van der Waals surface area contributed by atoms with Crippen LogP contribution >= 0.6 is 0 Å². The first-order chi connectivity index (χ1) is 51.0. The molecule has 0 radical (unpaired) electrons. The van der Waals surface area contributed by atoms with Crippen LogP contribution < -0.4 is 21.3 Å². The smallest absolute Gasteiger partial charge is 0.364 e. The first kappa shape index (κ1) is 93.1. The Labute approximate surface area is 620 Å². The van der Waals surface area contributed by atoms with Crippen LogP contribution in [0.2, 0.25) is 0 Å². The van der Waals surface area contributed by atoms with Crippen molar-refractivity contribution in [2.75, 3.05) is 39.6 Å². The number of carbonyl (C=O) groups is 8. The van der Waals surface area contributed by atoms with Gasteiger partial charge in [0.2, 0.25) is 24.1 Å². The Morgan fingerprint density at radius 2 is 0.963 bits per heavy atom. The van der Waals surface area contributed by atoms with Crippen molar-refractivity contribution >= 4 is 48.0 Å². The summed E-state index contributed by atoms with van der Waals surface area (Å²) in [5.74, 6) is -21.5. The van der Waals surface area contributed by atoms with Crippen LogP contribution in [0.4, 0.5) is 0 Å². The number of nitrogens with one attached hydrogen (secondary N) is 4. The summed E-state index contributed by atoms with van der Waals surface area (Å²) in [6.07, 6.45) is -39.4. The van der Waals surface area contributed by atoms with Gasteiger partial charge in [-0.2, -0.15) is 0 Å². The van der Waals surface area contributed by atoms with Gasteiger partial charge in [-0.3, -0.25) is 24.0 Å². The third-order valence-electron chi connectivity index (χ3n) is 19.2. The lowest BCUT2D eigenvalue weighted by Crippen LogP contribution is -2.72. The molecular weight excluding hydrogens is 1460 g/mol. The summed E-state index contributed by atoms with van der Waals surface area (Å²) < 4.78 is 62.7. The zero-order valence-corrected chi connectivity index (χ0v) is 60.4. The molecule has 0 aromatic carbocycles. The molecule has 0 spiro atoms. The molecule has 622 valence electrons. The highest BCUT2D eigenvalue weighted by Gasteiger charge is 2.64. The van der Waals surface area contributed by atoms with Gasteiger partial charge in [0.1, 0.15) is 97.7 Å². The van der Waals surface area contributed by atoms with Crippen molar-refractivity contribution in [1.82, 2.24) is 21.3 Å². The highest BCUT2D eigenvalue weighted by Crippen LogP contribution is 2.43. The van der Waals surface area contributed by atoms with Crippen LogP contribution in [0.1, 0.15) is 131 Å². The van der Waals surface area contributed by atoms with Gasteiger partial charge in [-0.25, -0.2) is 14.4 Å². The zero-order valence-electron chi connectivity index (χ0n) is 60.4. The van der Waals surface area contributed by atoms with Crippen LogP contribution in [-0.4, -0.2) is 367 Å². The molecule has 0 unspecified atom stereocenters. The van der Waals surface area contributed by atoms with Crippen molar-refractivity contribution in [3.8, 4) is 0 Å². The molecule has 23 N–H and O–H groups in total. The number of ether oxygens (including phenoxy) is 11. The average molecular weight is 1570 g/mol. The van der Waals surface area contributed by atoms with E-state index in [1.807, 2.05) is 0 Å². The summed E-state index contributed by atoms with van der Waals surface area (Å²) >= 11 is 0. The highest BCUT2D eigenvalue weighted by molar-refractivity contribution is 5.78. The monoisotopic (exact) mass is 1570 g/mol. The number of carbonyl (C=O) groups excluding carboxylic acids is 5. The van der Waals surface area contributed by atoms with Crippen molar-refractivity contribution in [2.45, 2.75) is 313 Å². The first-order valence-corrected chi connectivity index (χ1v) is 35.7. The number of carboxylic acids is 3. The maximum absolute atomic E-state index is 13.7. The summed E-state index contributed by atoms with van der Waals surface area (Å²) in [7, 11) is 0. The van der Waals surface area contributed by atoms with Crippen molar-refractivity contribution in [2.24, 2.45) is 0 Å². The summed E-state index contributed by atoms with van der Waals surface area (Å²) in [4.78, 5) is 102. The van der Waals surface area contributed by atoms with Gasteiger partial charge in [-0.05, 0) is 12.8 Å². The Bertz CT molecular complexity index is 2870. The molecule has 0 bridgehead atoms. The number of aliphatic hydroxyl groups is 16. The standard InChI is InChI=1S/C66H110N4O38/c1-6-7-8-9-10-11-12-13-14-15-16-17-18-19-35(81)34(67-29-76)28-98-59-51(90)50(89)54(43(27-75)101-59)102-60-52(91)58(47(86)40(24-72)100-60)108-66(63(96)97)22-37(83)45(69-31(3)78)56(106-66)49(88)41(25-73)103-64(61(92)93)20-36(82)44(68-30(2)77)55(105-64)48(87)42(26-74)104-65(62(94)95)21-38(84)46(70-32(4)79)57(107-65)53(39(85)23-71)99-33(5)80/h18-19,29,34-60,71-75,81-91H,6-17,20-28H2,1-5H3,(H,67,76)(H,68,77)(H,69,78)(H,70,79)(H,92,93)(H,94,95)(H,96,97)/b19-18+/t34-,35+,36-,37-,38-,39+,40+,41+,42+,43+,44+,45+,46+,47-,48+,49+,50+,51+,52+,53+,54+,55+,56+,57+,58-,59+,60-,64+,65+,66-/m0/s1.